The summed E-state index contributed by atoms with van der Waals surface area (Å²) in [4.78, 5) is 11.5. The van der Waals surface area contributed by atoms with Gasteiger partial charge < -0.3 is 0 Å². The van der Waals surface area contributed by atoms with Crippen molar-refractivity contribution in [1.82, 2.24) is 0 Å². The first-order chi connectivity index (χ1) is 6.47. The first-order valence-corrected chi connectivity index (χ1v) is 5.85. The molecule has 1 aromatic rings. The van der Waals surface area contributed by atoms with Gasteiger partial charge >= 0.3 is 0 Å². The van der Waals surface area contributed by atoms with Gasteiger partial charge in [0, 0.05) is 5.56 Å². The molecule has 0 amide bonds. The van der Waals surface area contributed by atoms with Crippen molar-refractivity contribution < 1.29 is 9.18 Å². The van der Waals surface area contributed by atoms with Gasteiger partial charge in [-0.25, -0.2) is 4.39 Å². The summed E-state index contributed by atoms with van der Waals surface area (Å²) in [7, 11) is 5.78. The molecule has 0 fully saturated rings. The number of hydrogen-bond acceptors (Lipinski definition) is 2. The average molecular weight is 274 g/mol. The lowest BCUT2D eigenvalue weighted by Gasteiger charge is -2.12. The van der Waals surface area contributed by atoms with Gasteiger partial charge in [0.2, 0.25) is 9.45 Å². The topological polar surface area (TPSA) is 17.1 Å². The number of benzene rings is 1. The van der Waals surface area contributed by atoms with Gasteiger partial charge in [-0.05, 0) is 33.8 Å². The van der Waals surface area contributed by atoms with Crippen LogP contribution in [-0.2, 0) is 0 Å². The van der Waals surface area contributed by atoms with Crippen molar-refractivity contribution in [2.75, 3.05) is 0 Å². The Balaban J connectivity index is 3.01. The minimum absolute atomic E-state index is 0.0863. The average Bonchev–Trinajstić information content (AvgIpc) is 2.16. The number of ketones is 1. The Morgan fingerprint density at radius 2 is 2.07 bits per heavy atom. The summed E-state index contributed by atoms with van der Waals surface area (Å²) >= 11 is 11.2. The second-order valence-corrected chi connectivity index (χ2v) is 5.44. The highest BCUT2D eigenvalue weighted by Gasteiger charge is 2.35. The molecule has 1 nitrogen and oxygen atoms in total. The predicted molar refractivity (Wildman–Crippen MR) is 58.6 cm³/mol. The van der Waals surface area contributed by atoms with Crippen LogP contribution in [0.15, 0.2) is 24.3 Å². The number of hydrogen-bond donors (Lipinski definition) is 0. The minimum Gasteiger partial charge on any atom is -0.290 e. The van der Waals surface area contributed by atoms with Crippen LogP contribution in [0.1, 0.15) is 10.4 Å². The summed E-state index contributed by atoms with van der Waals surface area (Å²) in [5, 5.41) is 0. The molecule has 0 aliphatic rings. The second-order valence-electron chi connectivity index (χ2n) is 2.43. The van der Waals surface area contributed by atoms with Crippen LogP contribution in [0.5, 0.6) is 0 Å². The Bertz CT molecular complexity index is 356. The van der Waals surface area contributed by atoms with E-state index < -0.39 is 15.3 Å². The standard InChI is InChI=1S/C8H4Cl3FOS/c9-8(10,14-11)7(13)5-2-1-3-6(12)4-5/h1-4H. The van der Waals surface area contributed by atoms with Crippen LogP contribution in [0.4, 0.5) is 4.39 Å². The molecule has 0 aliphatic heterocycles. The van der Waals surface area contributed by atoms with Gasteiger partial charge in [0.1, 0.15) is 5.82 Å². The van der Waals surface area contributed by atoms with Crippen molar-refractivity contribution in [2.24, 2.45) is 0 Å². The van der Waals surface area contributed by atoms with Crippen LogP contribution < -0.4 is 0 Å². The van der Waals surface area contributed by atoms with Gasteiger partial charge in [0.15, 0.2) is 0 Å². The SMILES string of the molecule is O=C(c1cccc(F)c1)C(Cl)(Cl)SCl. The normalized spacial score (nSPS) is 11.4. The maximum absolute atomic E-state index is 12.7. The molecule has 0 spiro atoms. The van der Waals surface area contributed by atoms with Gasteiger partial charge in [-0.15, -0.1) is 0 Å². The third-order valence-electron chi connectivity index (χ3n) is 1.45. The number of carbonyl (C=O) groups excluding carboxylic acids is 1. The lowest BCUT2D eigenvalue weighted by molar-refractivity contribution is 0.0998. The Labute approximate surface area is 99.0 Å². The van der Waals surface area contributed by atoms with E-state index in [1.807, 2.05) is 0 Å². The molecule has 0 bridgehead atoms. The Hall–Kier alpha value is 0.0400. The molecule has 14 heavy (non-hydrogen) atoms. The number of rotatable bonds is 3. The fourth-order valence-electron chi connectivity index (χ4n) is 0.833. The lowest BCUT2D eigenvalue weighted by atomic mass is 10.1. The van der Waals surface area contributed by atoms with Crippen molar-refractivity contribution in [3.63, 3.8) is 0 Å². The first-order valence-electron chi connectivity index (χ1n) is 3.45. The van der Waals surface area contributed by atoms with E-state index in [4.69, 9.17) is 33.9 Å². The van der Waals surface area contributed by atoms with Gasteiger partial charge in [-0.1, -0.05) is 35.3 Å². The van der Waals surface area contributed by atoms with E-state index in [1.54, 1.807) is 0 Å². The third kappa shape index (κ3) is 2.76. The van der Waals surface area contributed by atoms with Gasteiger partial charge in [-0.2, -0.15) is 0 Å². The van der Waals surface area contributed by atoms with Gasteiger partial charge in [-0.3, -0.25) is 4.79 Å². The molecule has 0 unspecified atom stereocenters. The van der Waals surface area contributed by atoms with E-state index >= 15 is 0 Å². The summed E-state index contributed by atoms with van der Waals surface area (Å²) in [6, 6.07) is 5.08. The monoisotopic (exact) mass is 272 g/mol. The summed E-state index contributed by atoms with van der Waals surface area (Å²) in [5.41, 5.74) is 0.0863. The maximum atomic E-state index is 12.7. The summed E-state index contributed by atoms with van der Waals surface area (Å²) in [6.45, 7) is 0. The Morgan fingerprint density at radius 3 is 2.57 bits per heavy atom. The Kier molecular flexibility index (Phi) is 4.07. The molecule has 0 aromatic heterocycles. The highest BCUT2D eigenvalue weighted by atomic mass is 35.7. The number of alkyl halides is 2. The zero-order valence-electron chi connectivity index (χ0n) is 6.64. The lowest BCUT2D eigenvalue weighted by Crippen LogP contribution is -2.20. The summed E-state index contributed by atoms with van der Waals surface area (Å²) < 4.78 is 11.0. The van der Waals surface area contributed by atoms with Crippen LogP contribution in [0.25, 0.3) is 0 Å². The minimum atomic E-state index is -1.78. The molecule has 0 aliphatic carbocycles. The fourth-order valence-corrected chi connectivity index (χ4v) is 1.45. The van der Waals surface area contributed by atoms with Crippen LogP contribution in [0.2, 0.25) is 0 Å². The van der Waals surface area contributed by atoms with Crippen molar-refractivity contribution in [3.8, 4) is 0 Å². The molecule has 1 aromatic carbocycles. The second kappa shape index (κ2) is 4.71. The summed E-state index contributed by atoms with van der Waals surface area (Å²) in [5.74, 6) is -1.17. The van der Waals surface area contributed by atoms with E-state index in [1.165, 1.54) is 18.2 Å². The number of halogens is 4. The van der Waals surface area contributed by atoms with Gasteiger partial charge in [0.25, 0.3) is 0 Å². The highest BCUT2D eigenvalue weighted by Crippen LogP contribution is 2.40. The maximum Gasteiger partial charge on any atom is 0.239 e. The molecule has 0 radical (unpaired) electrons. The smallest absolute Gasteiger partial charge is 0.239 e. The zero-order chi connectivity index (χ0) is 10.8. The number of Topliss-reactive ketones (excluding diaryl/α,β-unsaturated/α-hetero) is 1. The highest BCUT2D eigenvalue weighted by molar-refractivity contribution is 8.24. The molecule has 6 heteroatoms. The van der Waals surface area contributed by atoms with Crippen LogP contribution in [-0.4, -0.2) is 9.45 Å². The predicted octanol–water partition coefficient (Wildman–Crippen LogP) is 4.03. The number of carbonyl (C=O) groups is 1. The van der Waals surface area contributed by atoms with Crippen molar-refractivity contribution >= 4 is 50.6 Å². The molecule has 0 N–H and O–H groups in total. The largest absolute Gasteiger partial charge is 0.290 e. The van der Waals surface area contributed by atoms with Crippen LogP contribution in [0.3, 0.4) is 0 Å². The molecule has 0 saturated carbocycles. The van der Waals surface area contributed by atoms with Crippen molar-refractivity contribution in [3.05, 3.63) is 35.6 Å². The van der Waals surface area contributed by atoms with E-state index in [2.05, 4.69) is 0 Å². The van der Waals surface area contributed by atoms with Crippen molar-refractivity contribution in [1.29, 1.82) is 0 Å². The van der Waals surface area contributed by atoms with Gasteiger partial charge in [0.05, 0.1) is 0 Å². The van der Waals surface area contributed by atoms with Crippen LogP contribution in [0, 0.1) is 5.82 Å². The fraction of sp³-hybridized carbons (Fsp3) is 0.125. The molecule has 0 saturated heterocycles. The quantitative estimate of drug-likeness (QED) is 0.611. The third-order valence-corrected chi connectivity index (χ3v) is 3.80. The molecular weight excluding hydrogens is 270 g/mol. The first kappa shape index (κ1) is 12.1. The molecule has 76 valence electrons. The van der Waals surface area contributed by atoms with Crippen LogP contribution >= 0.6 is 44.9 Å². The Morgan fingerprint density at radius 1 is 1.43 bits per heavy atom. The van der Waals surface area contributed by atoms with E-state index in [-0.39, 0.29) is 5.56 Å². The zero-order valence-corrected chi connectivity index (χ0v) is 9.72. The van der Waals surface area contributed by atoms with E-state index in [0.717, 1.165) is 6.07 Å². The van der Waals surface area contributed by atoms with Crippen molar-refractivity contribution in [2.45, 2.75) is 3.67 Å². The van der Waals surface area contributed by atoms with E-state index in [0.29, 0.717) is 11.0 Å². The van der Waals surface area contributed by atoms with E-state index in [9.17, 15) is 9.18 Å². The molecule has 0 atom stereocenters. The molecular formula is C8H4Cl3FOS. The molecule has 1 rings (SSSR count). The summed E-state index contributed by atoms with van der Waals surface area (Å²) in [6.07, 6.45) is 0. The molecule has 0 heterocycles.